The molecule has 0 amide bonds. The number of carbonyl (C=O) groups is 4. The second-order valence-electron chi connectivity index (χ2n) is 5.21. The van der Waals surface area contributed by atoms with Crippen LogP contribution in [-0.4, -0.2) is 61.0 Å². The van der Waals surface area contributed by atoms with E-state index in [9.17, 15) is 23.6 Å². The fourth-order valence-corrected chi connectivity index (χ4v) is 2.17. The lowest BCUT2D eigenvalue weighted by Crippen LogP contribution is -2.66. The first-order valence-corrected chi connectivity index (χ1v) is 7.12. The van der Waals surface area contributed by atoms with Crippen molar-refractivity contribution in [2.24, 2.45) is 0 Å². The second kappa shape index (κ2) is 8.19. The number of halogens is 2. The van der Waals surface area contributed by atoms with Crippen molar-refractivity contribution in [3.8, 4) is 0 Å². The van der Waals surface area contributed by atoms with Gasteiger partial charge in [0.15, 0.2) is 18.8 Å². The van der Waals surface area contributed by atoms with Crippen molar-refractivity contribution in [3.63, 3.8) is 0 Å². The van der Waals surface area contributed by atoms with E-state index in [0.29, 0.717) is 0 Å². The first-order valence-electron chi connectivity index (χ1n) is 7.12. The lowest BCUT2D eigenvalue weighted by atomic mass is 9.96. The Bertz CT molecular complexity index is 552. The van der Waals surface area contributed by atoms with Crippen LogP contribution in [0.3, 0.4) is 0 Å². The van der Waals surface area contributed by atoms with Crippen molar-refractivity contribution >= 4 is 23.9 Å². The number of ether oxygens (including phenoxy) is 5. The molecule has 1 saturated heterocycles. The average Bonchev–Trinajstić information content (AvgIpc) is 2.44. The standard InChI is InChI=1S/C14H18F2O9/c1-6(17)21-5-14(16)12(24-9(4)20)10(22-7(2)18)11(13(15)25-14)23-8(3)19/h10-13H,5H2,1-4H3/t10-,11-,12+,13+,14-/m1/s1. The molecule has 0 aliphatic carbocycles. The maximum atomic E-state index is 15.1. The van der Waals surface area contributed by atoms with Crippen LogP contribution in [0.25, 0.3) is 0 Å². The summed E-state index contributed by atoms with van der Waals surface area (Å²) in [5, 5.41) is 0. The fourth-order valence-electron chi connectivity index (χ4n) is 2.17. The quantitative estimate of drug-likeness (QED) is 0.500. The van der Waals surface area contributed by atoms with E-state index in [2.05, 4.69) is 14.2 Å². The molecule has 1 fully saturated rings. The van der Waals surface area contributed by atoms with E-state index in [4.69, 9.17) is 9.47 Å². The van der Waals surface area contributed by atoms with Crippen LogP contribution in [0.15, 0.2) is 0 Å². The van der Waals surface area contributed by atoms with Gasteiger partial charge >= 0.3 is 23.9 Å². The van der Waals surface area contributed by atoms with Crippen molar-refractivity contribution in [2.45, 2.75) is 58.2 Å². The third kappa shape index (κ3) is 5.62. The molecule has 25 heavy (non-hydrogen) atoms. The topological polar surface area (TPSA) is 114 Å². The minimum absolute atomic E-state index is 0.913. The van der Waals surface area contributed by atoms with Crippen LogP contribution in [-0.2, 0) is 42.9 Å². The zero-order valence-electron chi connectivity index (χ0n) is 13.9. The Hall–Kier alpha value is -2.30. The van der Waals surface area contributed by atoms with Crippen molar-refractivity contribution in [1.82, 2.24) is 0 Å². The minimum atomic E-state index is -3.17. The third-order valence-electron chi connectivity index (χ3n) is 2.98. The lowest BCUT2D eigenvalue weighted by Gasteiger charge is -2.44. The monoisotopic (exact) mass is 368 g/mol. The zero-order chi connectivity index (χ0) is 19.4. The molecule has 0 unspecified atom stereocenters. The van der Waals surface area contributed by atoms with Gasteiger partial charge in [-0.25, -0.2) is 8.78 Å². The summed E-state index contributed by atoms with van der Waals surface area (Å²) in [7, 11) is 0. The lowest BCUT2D eigenvalue weighted by molar-refractivity contribution is -0.352. The highest BCUT2D eigenvalue weighted by Gasteiger charge is 2.61. The van der Waals surface area contributed by atoms with E-state index in [1.807, 2.05) is 0 Å². The van der Waals surface area contributed by atoms with Crippen LogP contribution in [0, 0.1) is 0 Å². The summed E-state index contributed by atoms with van der Waals surface area (Å²) in [6.45, 7) is 2.61. The van der Waals surface area contributed by atoms with E-state index in [1.165, 1.54) is 0 Å². The third-order valence-corrected chi connectivity index (χ3v) is 2.98. The Morgan fingerprint density at radius 1 is 0.880 bits per heavy atom. The number of alkyl halides is 2. The average molecular weight is 368 g/mol. The molecule has 0 aromatic heterocycles. The highest BCUT2D eigenvalue weighted by atomic mass is 19.2. The van der Waals surface area contributed by atoms with Crippen molar-refractivity contribution in [1.29, 1.82) is 0 Å². The maximum absolute atomic E-state index is 15.1. The maximum Gasteiger partial charge on any atom is 0.303 e. The Morgan fingerprint density at radius 3 is 1.80 bits per heavy atom. The van der Waals surface area contributed by atoms with Crippen LogP contribution in [0.1, 0.15) is 27.7 Å². The van der Waals surface area contributed by atoms with E-state index in [0.717, 1.165) is 27.7 Å². The Morgan fingerprint density at radius 2 is 1.36 bits per heavy atom. The van der Waals surface area contributed by atoms with E-state index in [-0.39, 0.29) is 0 Å². The molecule has 5 atom stereocenters. The van der Waals surface area contributed by atoms with Crippen molar-refractivity contribution in [2.75, 3.05) is 6.61 Å². The van der Waals surface area contributed by atoms with Gasteiger partial charge in [0.25, 0.3) is 5.85 Å². The van der Waals surface area contributed by atoms with Gasteiger partial charge in [-0.1, -0.05) is 0 Å². The fraction of sp³-hybridized carbons (Fsp3) is 0.714. The minimum Gasteiger partial charge on any atom is -0.460 e. The van der Waals surface area contributed by atoms with Gasteiger partial charge in [0.1, 0.15) is 0 Å². The zero-order valence-corrected chi connectivity index (χ0v) is 13.9. The van der Waals surface area contributed by atoms with Crippen molar-refractivity contribution < 1.29 is 51.6 Å². The molecule has 1 aliphatic heterocycles. The van der Waals surface area contributed by atoms with Gasteiger partial charge in [-0.3, -0.25) is 19.2 Å². The molecule has 1 rings (SSSR count). The molecule has 142 valence electrons. The predicted octanol–water partition coefficient (Wildman–Crippen LogP) is 0.336. The van der Waals surface area contributed by atoms with E-state index in [1.54, 1.807) is 0 Å². The van der Waals surface area contributed by atoms with E-state index >= 15 is 4.39 Å². The Labute approximate surface area is 141 Å². The second-order valence-corrected chi connectivity index (χ2v) is 5.21. The van der Waals surface area contributed by atoms with Gasteiger partial charge in [-0.2, -0.15) is 0 Å². The van der Waals surface area contributed by atoms with Gasteiger partial charge in [0, 0.05) is 27.7 Å². The molecule has 0 bridgehead atoms. The summed E-state index contributed by atoms with van der Waals surface area (Å²) in [6, 6.07) is 0. The van der Waals surface area contributed by atoms with Gasteiger partial charge in [-0.05, 0) is 0 Å². The van der Waals surface area contributed by atoms with Crippen LogP contribution in [0.2, 0.25) is 0 Å². The summed E-state index contributed by atoms with van der Waals surface area (Å²) in [5.41, 5.74) is 0. The van der Waals surface area contributed by atoms with Gasteiger partial charge < -0.3 is 23.7 Å². The van der Waals surface area contributed by atoms with Gasteiger partial charge in [0.05, 0.1) is 0 Å². The first kappa shape index (κ1) is 20.7. The Kier molecular flexibility index (Phi) is 6.79. The Balaban J connectivity index is 3.26. The molecule has 0 radical (unpaired) electrons. The molecule has 0 spiro atoms. The number of hydrogen-bond acceptors (Lipinski definition) is 9. The van der Waals surface area contributed by atoms with E-state index < -0.39 is 61.0 Å². The number of carbonyl (C=O) groups excluding carboxylic acids is 4. The number of hydrogen-bond donors (Lipinski definition) is 0. The molecule has 11 heteroatoms. The van der Waals surface area contributed by atoms with Crippen molar-refractivity contribution in [3.05, 3.63) is 0 Å². The highest BCUT2D eigenvalue weighted by Crippen LogP contribution is 2.37. The first-order chi connectivity index (χ1) is 11.5. The summed E-state index contributed by atoms with van der Waals surface area (Å²) in [4.78, 5) is 44.6. The summed E-state index contributed by atoms with van der Waals surface area (Å²) >= 11 is 0. The van der Waals surface area contributed by atoms with Gasteiger partial charge in [0.2, 0.25) is 12.5 Å². The normalized spacial score (nSPS) is 31.6. The number of rotatable bonds is 5. The molecule has 0 aromatic carbocycles. The number of esters is 4. The molecule has 0 saturated carbocycles. The molecule has 1 aliphatic rings. The molecule has 0 aromatic rings. The summed E-state index contributed by atoms with van der Waals surface area (Å²) in [6.07, 6.45) is -8.40. The van der Waals surface area contributed by atoms with Crippen LogP contribution >= 0.6 is 0 Å². The molecule has 9 nitrogen and oxygen atoms in total. The molecule has 1 heterocycles. The predicted molar refractivity (Wildman–Crippen MR) is 73.1 cm³/mol. The molecular weight excluding hydrogens is 350 g/mol. The molecule has 0 N–H and O–H groups in total. The molecular formula is C14H18F2O9. The smallest absolute Gasteiger partial charge is 0.303 e. The largest absolute Gasteiger partial charge is 0.460 e. The van der Waals surface area contributed by atoms with Crippen LogP contribution in [0.5, 0.6) is 0 Å². The SMILES string of the molecule is CC(=O)OC[C@@]1(F)O[C@H](F)[C@H](OC(C)=O)[C@@H](OC(C)=O)[C@@H]1OC(C)=O. The summed E-state index contributed by atoms with van der Waals surface area (Å²) < 4.78 is 52.5. The summed E-state index contributed by atoms with van der Waals surface area (Å²) in [5.74, 6) is -7.06. The van der Waals surface area contributed by atoms with Crippen LogP contribution < -0.4 is 0 Å². The van der Waals surface area contributed by atoms with Gasteiger partial charge in [-0.15, -0.1) is 0 Å². The van der Waals surface area contributed by atoms with Crippen LogP contribution in [0.4, 0.5) is 8.78 Å². The highest BCUT2D eigenvalue weighted by molar-refractivity contribution is 5.68.